The summed E-state index contributed by atoms with van der Waals surface area (Å²) in [4.78, 5) is 11.6. The Morgan fingerprint density at radius 3 is 1.54 bits per heavy atom. The van der Waals surface area contributed by atoms with Gasteiger partial charge in [0.25, 0.3) is 0 Å². The maximum absolute atomic E-state index is 12.8. The number of nitrogens with zero attached hydrogens (tertiary/aromatic N) is 4. The van der Waals surface area contributed by atoms with Crippen LogP contribution < -0.4 is 14.9 Å². The van der Waals surface area contributed by atoms with E-state index in [0.717, 1.165) is 112 Å². The minimum Gasteiger partial charge on any atom is -0.492 e. The molecule has 10 nitrogen and oxygen atoms in total. The van der Waals surface area contributed by atoms with E-state index in [1.165, 1.54) is 18.3 Å². The first-order chi connectivity index (χ1) is 23.4. The van der Waals surface area contributed by atoms with E-state index in [4.69, 9.17) is 29.0 Å². The highest BCUT2D eigenvalue weighted by Crippen LogP contribution is 2.22. The number of aromatic nitrogens is 2. The highest BCUT2D eigenvalue weighted by molar-refractivity contribution is 9.10. The molecule has 4 aromatic rings. The average Bonchev–Trinajstić information content (AvgIpc) is 3.12. The summed E-state index contributed by atoms with van der Waals surface area (Å²) in [6.07, 6.45) is 2.60. The van der Waals surface area contributed by atoms with E-state index in [0.29, 0.717) is 6.61 Å². The SMILES string of the molecule is Brc1ccc(OCCN2CCOCC2)cc1.Fc1ccc(-c2ccc(OCCN3CCOCC3)cc2)cn1.OB(O)c1ccc(F)nc1. The molecule has 14 heteroatoms. The van der Waals surface area contributed by atoms with Gasteiger partial charge < -0.3 is 29.0 Å². The largest absolute Gasteiger partial charge is 0.492 e. The van der Waals surface area contributed by atoms with Gasteiger partial charge in [-0.25, -0.2) is 9.97 Å². The van der Waals surface area contributed by atoms with Crippen molar-refractivity contribution in [2.75, 3.05) is 78.9 Å². The standard InChI is InChI=1S/C17H19FN2O2.C12H16BrNO2.C5H5BFNO2/c18-17-6-3-15(13-19-17)14-1-4-16(5-2-14)22-12-9-20-7-10-21-11-8-20;13-11-1-3-12(4-2-11)16-10-7-14-5-8-15-9-6-14;7-5-2-1-4(3-8-5)6(9)10/h1-6,13H,7-12H2;1-4H,5-10H2;1-3,9-10H. The minimum atomic E-state index is -1.58. The van der Waals surface area contributed by atoms with Crippen LogP contribution in [0.15, 0.2) is 89.7 Å². The summed E-state index contributed by atoms with van der Waals surface area (Å²) in [6.45, 7) is 10.6. The second-order valence-corrected chi connectivity index (χ2v) is 11.7. The lowest BCUT2D eigenvalue weighted by atomic mass is 9.82. The molecule has 0 saturated carbocycles. The van der Waals surface area contributed by atoms with Gasteiger partial charge in [-0.3, -0.25) is 9.80 Å². The number of hydrogen-bond acceptors (Lipinski definition) is 10. The van der Waals surface area contributed by atoms with E-state index in [1.54, 1.807) is 6.07 Å². The molecule has 0 bridgehead atoms. The fourth-order valence-corrected chi connectivity index (χ4v) is 4.86. The number of ether oxygens (including phenoxy) is 4. The van der Waals surface area contributed by atoms with Crippen molar-refractivity contribution in [3.05, 3.63) is 102 Å². The van der Waals surface area contributed by atoms with Crippen LogP contribution in [0.25, 0.3) is 11.1 Å². The number of rotatable bonds is 10. The smallest absolute Gasteiger partial charge is 0.490 e. The highest BCUT2D eigenvalue weighted by atomic mass is 79.9. The Labute approximate surface area is 288 Å². The number of pyridine rings is 2. The zero-order valence-electron chi connectivity index (χ0n) is 26.6. The molecule has 0 spiro atoms. The molecule has 2 aliphatic rings. The number of morpholine rings is 2. The van der Waals surface area contributed by atoms with Crippen LogP contribution in [-0.2, 0) is 9.47 Å². The summed E-state index contributed by atoms with van der Waals surface area (Å²) in [5.41, 5.74) is 2.07. The molecule has 0 amide bonds. The van der Waals surface area contributed by atoms with E-state index in [1.807, 2.05) is 48.5 Å². The van der Waals surface area contributed by atoms with Gasteiger partial charge in [-0.1, -0.05) is 34.1 Å². The summed E-state index contributed by atoms with van der Waals surface area (Å²) in [6, 6.07) is 21.1. The third-order valence-electron chi connectivity index (χ3n) is 7.34. The van der Waals surface area contributed by atoms with Crippen molar-refractivity contribution < 1.29 is 37.8 Å². The van der Waals surface area contributed by atoms with Crippen LogP contribution in [0.2, 0.25) is 0 Å². The zero-order chi connectivity index (χ0) is 34.0. The molecule has 4 heterocycles. The molecule has 0 radical (unpaired) electrons. The normalized spacial score (nSPS) is 14.9. The molecule has 6 rings (SSSR count). The Morgan fingerprint density at radius 2 is 1.10 bits per heavy atom. The lowest BCUT2D eigenvalue weighted by Gasteiger charge is -2.26. The molecule has 48 heavy (non-hydrogen) atoms. The fraction of sp³-hybridized carbons (Fsp3) is 0.353. The van der Waals surface area contributed by atoms with Crippen LogP contribution in [0.3, 0.4) is 0 Å². The molecular weight excluding hydrogens is 689 g/mol. The first kappa shape index (κ1) is 37.3. The van der Waals surface area contributed by atoms with Gasteiger partial charge in [0.1, 0.15) is 24.7 Å². The molecule has 2 aliphatic heterocycles. The van der Waals surface area contributed by atoms with Gasteiger partial charge in [0.2, 0.25) is 11.9 Å². The van der Waals surface area contributed by atoms with Crippen LogP contribution in [0.4, 0.5) is 8.78 Å². The van der Waals surface area contributed by atoms with Gasteiger partial charge in [-0.2, -0.15) is 8.78 Å². The van der Waals surface area contributed by atoms with Gasteiger partial charge in [-0.15, -0.1) is 0 Å². The Hall–Kier alpha value is -3.50. The van der Waals surface area contributed by atoms with E-state index < -0.39 is 19.0 Å². The van der Waals surface area contributed by atoms with Crippen molar-refractivity contribution in [3.8, 4) is 22.6 Å². The summed E-state index contributed by atoms with van der Waals surface area (Å²) in [5.74, 6) is 0.666. The number of halogens is 3. The number of benzene rings is 2. The van der Waals surface area contributed by atoms with E-state index >= 15 is 0 Å². The Bertz CT molecular complexity index is 1450. The lowest BCUT2D eigenvalue weighted by Crippen LogP contribution is -2.38. The fourth-order valence-electron chi connectivity index (χ4n) is 4.60. The molecule has 2 aromatic carbocycles. The molecule has 2 N–H and O–H groups in total. The third kappa shape index (κ3) is 13.9. The van der Waals surface area contributed by atoms with Gasteiger partial charge in [0, 0.05) is 67.2 Å². The molecule has 2 saturated heterocycles. The van der Waals surface area contributed by atoms with E-state index in [-0.39, 0.29) is 5.46 Å². The Kier molecular flexibility index (Phi) is 16.2. The molecule has 2 fully saturated rings. The van der Waals surface area contributed by atoms with Crippen LogP contribution in [0.5, 0.6) is 11.5 Å². The van der Waals surface area contributed by atoms with Crippen molar-refractivity contribution in [2.45, 2.75) is 0 Å². The summed E-state index contributed by atoms with van der Waals surface area (Å²) in [7, 11) is -1.58. The van der Waals surface area contributed by atoms with Crippen LogP contribution in [0, 0.1) is 11.9 Å². The Balaban J connectivity index is 0.000000175. The lowest BCUT2D eigenvalue weighted by molar-refractivity contribution is 0.0321. The second kappa shape index (κ2) is 20.8. The summed E-state index contributed by atoms with van der Waals surface area (Å²) < 4.78 is 48.0. The van der Waals surface area contributed by atoms with Crippen LogP contribution >= 0.6 is 15.9 Å². The molecule has 256 valence electrons. The Morgan fingerprint density at radius 1 is 0.646 bits per heavy atom. The van der Waals surface area contributed by atoms with Gasteiger partial charge in [-0.05, 0) is 60.2 Å². The number of hydrogen-bond donors (Lipinski definition) is 2. The topological polar surface area (TPSA) is 110 Å². The van der Waals surface area contributed by atoms with Crippen molar-refractivity contribution in [3.63, 3.8) is 0 Å². The average molecular weight is 729 g/mol. The van der Waals surface area contributed by atoms with Crippen molar-refractivity contribution in [1.29, 1.82) is 0 Å². The predicted molar refractivity (Wildman–Crippen MR) is 183 cm³/mol. The molecule has 2 aromatic heterocycles. The zero-order valence-corrected chi connectivity index (χ0v) is 28.2. The van der Waals surface area contributed by atoms with E-state index in [2.05, 4.69) is 35.7 Å². The minimum absolute atomic E-state index is 0.182. The molecule has 0 atom stereocenters. The first-order valence-corrected chi connectivity index (χ1v) is 16.5. The van der Waals surface area contributed by atoms with Crippen LogP contribution in [-0.4, -0.2) is 116 Å². The van der Waals surface area contributed by atoms with Crippen molar-refractivity contribution >= 4 is 28.5 Å². The first-order valence-electron chi connectivity index (χ1n) is 15.7. The van der Waals surface area contributed by atoms with Crippen molar-refractivity contribution in [1.82, 2.24) is 19.8 Å². The van der Waals surface area contributed by atoms with Crippen molar-refractivity contribution in [2.24, 2.45) is 0 Å². The maximum Gasteiger partial charge on any atom is 0.490 e. The summed E-state index contributed by atoms with van der Waals surface area (Å²) >= 11 is 3.40. The summed E-state index contributed by atoms with van der Waals surface area (Å²) in [5, 5.41) is 17.0. The van der Waals surface area contributed by atoms with Gasteiger partial charge >= 0.3 is 7.12 Å². The predicted octanol–water partition coefficient (Wildman–Crippen LogP) is 3.66. The second-order valence-electron chi connectivity index (χ2n) is 10.7. The highest BCUT2D eigenvalue weighted by Gasteiger charge is 2.11. The quantitative estimate of drug-likeness (QED) is 0.186. The monoisotopic (exact) mass is 728 g/mol. The van der Waals surface area contributed by atoms with Gasteiger partial charge in [0.15, 0.2) is 0 Å². The molecular formula is C34H40BBrF2N4O6. The third-order valence-corrected chi connectivity index (χ3v) is 7.87. The molecule has 0 unspecified atom stereocenters. The molecule has 0 aliphatic carbocycles. The van der Waals surface area contributed by atoms with Crippen LogP contribution in [0.1, 0.15) is 0 Å². The van der Waals surface area contributed by atoms with Gasteiger partial charge in [0.05, 0.1) is 26.4 Å². The van der Waals surface area contributed by atoms with E-state index in [9.17, 15) is 8.78 Å². The maximum atomic E-state index is 12.8.